The molecule has 0 atom stereocenters. The Balaban J connectivity index is 1.46. The van der Waals surface area contributed by atoms with Gasteiger partial charge in [0.15, 0.2) is 0 Å². The number of pyridine rings is 1. The molecular weight excluding hydrogens is 302 g/mol. The van der Waals surface area contributed by atoms with Crippen molar-refractivity contribution in [3.63, 3.8) is 0 Å². The zero-order valence-corrected chi connectivity index (χ0v) is 14.3. The number of hydrogen-bond donors (Lipinski definition) is 0. The lowest BCUT2D eigenvalue weighted by atomic mass is 10.1. The molecule has 1 amide bonds. The first-order valence-electron chi connectivity index (χ1n) is 8.57. The van der Waals surface area contributed by atoms with Gasteiger partial charge in [-0.2, -0.15) is 5.10 Å². The first-order chi connectivity index (χ1) is 11.7. The topological polar surface area (TPSA) is 54.3 Å². The van der Waals surface area contributed by atoms with Crippen LogP contribution in [0.3, 0.4) is 0 Å². The summed E-state index contributed by atoms with van der Waals surface area (Å²) >= 11 is 0. The summed E-state index contributed by atoms with van der Waals surface area (Å²) < 4.78 is 1.84. The fourth-order valence-corrected chi connectivity index (χ4v) is 3.15. The summed E-state index contributed by atoms with van der Waals surface area (Å²) in [5, 5.41) is 4.22. The van der Waals surface area contributed by atoms with Crippen LogP contribution in [0.2, 0.25) is 0 Å². The standard InChI is InChI=1S/C18H25N5O/c1-21-14-17(13-20-21)15-22-9-2-10-23(12-11-22)18(24)4-3-16-5-7-19-8-6-16/h5-8,13-14H,2-4,9-12,15H2,1H3. The van der Waals surface area contributed by atoms with E-state index in [1.165, 1.54) is 11.1 Å². The molecule has 0 bridgehead atoms. The van der Waals surface area contributed by atoms with E-state index in [4.69, 9.17) is 0 Å². The van der Waals surface area contributed by atoms with Crippen molar-refractivity contribution < 1.29 is 4.79 Å². The zero-order valence-electron chi connectivity index (χ0n) is 14.3. The maximum Gasteiger partial charge on any atom is 0.222 e. The Morgan fingerprint density at radius 1 is 1.12 bits per heavy atom. The molecule has 3 heterocycles. The SMILES string of the molecule is Cn1cc(CN2CCCN(C(=O)CCc3ccncc3)CC2)cn1. The van der Waals surface area contributed by atoms with Gasteiger partial charge in [-0.1, -0.05) is 0 Å². The van der Waals surface area contributed by atoms with Gasteiger partial charge in [0.25, 0.3) is 0 Å². The Kier molecular flexibility index (Phi) is 5.59. The van der Waals surface area contributed by atoms with Gasteiger partial charge in [-0.05, 0) is 30.5 Å². The van der Waals surface area contributed by atoms with Crippen LogP contribution in [-0.4, -0.2) is 56.7 Å². The third-order valence-corrected chi connectivity index (χ3v) is 4.48. The highest BCUT2D eigenvalue weighted by atomic mass is 16.2. The molecule has 1 aliphatic heterocycles. The van der Waals surface area contributed by atoms with Crippen molar-refractivity contribution in [2.75, 3.05) is 26.2 Å². The summed E-state index contributed by atoms with van der Waals surface area (Å²) in [7, 11) is 1.94. The molecule has 3 rings (SSSR count). The molecule has 6 heteroatoms. The van der Waals surface area contributed by atoms with Gasteiger partial charge in [0.2, 0.25) is 5.91 Å². The first kappa shape index (κ1) is 16.6. The number of carbonyl (C=O) groups is 1. The summed E-state index contributed by atoms with van der Waals surface area (Å²) in [5.74, 6) is 0.259. The molecule has 0 radical (unpaired) electrons. The van der Waals surface area contributed by atoms with Crippen LogP contribution in [0.5, 0.6) is 0 Å². The van der Waals surface area contributed by atoms with Crippen LogP contribution in [0.4, 0.5) is 0 Å². The van der Waals surface area contributed by atoms with Gasteiger partial charge in [0.1, 0.15) is 0 Å². The predicted molar refractivity (Wildman–Crippen MR) is 92.2 cm³/mol. The van der Waals surface area contributed by atoms with E-state index < -0.39 is 0 Å². The van der Waals surface area contributed by atoms with Crippen molar-refractivity contribution in [2.24, 2.45) is 7.05 Å². The molecule has 0 spiro atoms. The second kappa shape index (κ2) is 8.06. The lowest BCUT2D eigenvalue weighted by Crippen LogP contribution is -2.35. The molecule has 128 valence electrons. The van der Waals surface area contributed by atoms with Gasteiger partial charge in [0, 0.05) is 70.3 Å². The largest absolute Gasteiger partial charge is 0.341 e. The molecule has 24 heavy (non-hydrogen) atoms. The predicted octanol–water partition coefficient (Wildman–Crippen LogP) is 1.48. The Labute approximate surface area is 143 Å². The van der Waals surface area contributed by atoms with Gasteiger partial charge < -0.3 is 4.90 Å². The molecule has 0 saturated carbocycles. The summed E-state index contributed by atoms with van der Waals surface area (Å²) in [6.07, 6.45) is 9.93. The van der Waals surface area contributed by atoms with Crippen LogP contribution in [0, 0.1) is 0 Å². The molecule has 0 aliphatic carbocycles. The summed E-state index contributed by atoms with van der Waals surface area (Å²) in [4.78, 5) is 20.9. The van der Waals surface area contributed by atoms with Gasteiger partial charge in [-0.15, -0.1) is 0 Å². The number of carbonyl (C=O) groups excluding carboxylic acids is 1. The molecule has 0 unspecified atom stereocenters. The van der Waals surface area contributed by atoms with E-state index in [0.717, 1.165) is 45.6 Å². The second-order valence-electron chi connectivity index (χ2n) is 6.39. The van der Waals surface area contributed by atoms with Crippen molar-refractivity contribution in [3.05, 3.63) is 48.0 Å². The van der Waals surface area contributed by atoms with Gasteiger partial charge in [-0.3, -0.25) is 19.4 Å². The molecule has 0 N–H and O–H groups in total. The number of aromatic nitrogens is 3. The maximum absolute atomic E-state index is 12.5. The lowest BCUT2D eigenvalue weighted by molar-refractivity contribution is -0.131. The van der Waals surface area contributed by atoms with Crippen LogP contribution < -0.4 is 0 Å². The van der Waals surface area contributed by atoms with Crippen LogP contribution in [0.1, 0.15) is 24.0 Å². The third-order valence-electron chi connectivity index (χ3n) is 4.48. The maximum atomic E-state index is 12.5. The number of nitrogens with zero attached hydrogens (tertiary/aromatic N) is 5. The monoisotopic (exact) mass is 327 g/mol. The number of rotatable bonds is 5. The normalized spacial score (nSPS) is 16.1. The smallest absolute Gasteiger partial charge is 0.222 e. The minimum atomic E-state index is 0.259. The van der Waals surface area contributed by atoms with Crippen molar-refractivity contribution in [1.82, 2.24) is 24.6 Å². The Morgan fingerprint density at radius 3 is 2.71 bits per heavy atom. The Morgan fingerprint density at radius 2 is 1.96 bits per heavy atom. The van der Waals surface area contributed by atoms with E-state index in [0.29, 0.717) is 6.42 Å². The van der Waals surface area contributed by atoms with Gasteiger partial charge >= 0.3 is 0 Å². The Bertz CT molecular complexity index is 654. The van der Waals surface area contributed by atoms with E-state index >= 15 is 0 Å². The quantitative estimate of drug-likeness (QED) is 0.835. The molecule has 2 aromatic heterocycles. The van der Waals surface area contributed by atoms with Crippen LogP contribution in [-0.2, 0) is 24.8 Å². The highest BCUT2D eigenvalue weighted by Crippen LogP contribution is 2.10. The minimum Gasteiger partial charge on any atom is -0.341 e. The van der Waals surface area contributed by atoms with Crippen LogP contribution >= 0.6 is 0 Å². The molecule has 0 aromatic carbocycles. The molecule has 6 nitrogen and oxygen atoms in total. The molecule has 1 aliphatic rings. The first-order valence-corrected chi connectivity index (χ1v) is 8.57. The number of hydrogen-bond acceptors (Lipinski definition) is 4. The fraction of sp³-hybridized carbons (Fsp3) is 0.500. The van der Waals surface area contributed by atoms with Crippen LogP contribution in [0.25, 0.3) is 0 Å². The fourth-order valence-electron chi connectivity index (χ4n) is 3.15. The second-order valence-corrected chi connectivity index (χ2v) is 6.39. The number of aryl methyl sites for hydroxylation is 2. The van der Waals surface area contributed by atoms with E-state index in [9.17, 15) is 4.79 Å². The van der Waals surface area contributed by atoms with Crippen LogP contribution in [0.15, 0.2) is 36.9 Å². The van der Waals surface area contributed by atoms with Crippen molar-refractivity contribution >= 4 is 5.91 Å². The zero-order chi connectivity index (χ0) is 16.8. The summed E-state index contributed by atoms with van der Waals surface area (Å²) in [6, 6.07) is 3.96. The highest BCUT2D eigenvalue weighted by Gasteiger charge is 2.19. The number of amides is 1. The van der Waals surface area contributed by atoms with Crippen molar-refractivity contribution in [3.8, 4) is 0 Å². The Hall–Kier alpha value is -2.21. The molecule has 1 saturated heterocycles. The molecule has 1 fully saturated rings. The minimum absolute atomic E-state index is 0.259. The lowest BCUT2D eigenvalue weighted by Gasteiger charge is -2.21. The molecular formula is C18H25N5O. The third kappa shape index (κ3) is 4.64. The molecule has 2 aromatic rings. The van der Waals surface area contributed by atoms with Crippen molar-refractivity contribution in [1.29, 1.82) is 0 Å². The van der Waals surface area contributed by atoms with Gasteiger partial charge in [-0.25, -0.2) is 0 Å². The van der Waals surface area contributed by atoms with Gasteiger partial charge in [0.05, 0.1) is 6.20 Å². The summed E-state index contributed by atoms with van der Waals surface area (Å²) in [5.41, 5.74) is 2.40. The van der Waals surface area contributed by atoms with Crippen molar-refractivity contribution in [2.45, 2.75) is 25.8 Å². The average Bonchev–Trinajstić information content (AvgIpc) is 2.86. The highest BCUT2D eigenvalue weighted by molar-refractivity contribution is 5.76. The van der Waals surface area contributed by atoms with E-state index in [2.05, 4.69) is 21.2 Å². The average molecular weight is 327 g/mol. The summed E-state index contributed by atoms with van der Waals surface area (Å²) in [6.45, 7) is 4.54. The van der Waals surface area contributed by atoms with E-state index in [-0.39, 0.29) is 5.91 Å². The van der Waals surface area contributed by atoms with E-state index in [1.54, 1.807) is 12.4 Å². The van der Waals surface area contributed by atoms with E-state index in [1.807, 2.05) is 35.0 Å².